The van der Waals surface area contributed by atoms with Crippen LogP contribution in [0.15, 0.2) is 0 Å². The Labute approximate surface area is 63.1 Å². The van der Waals surface area contributed by atoms with Gasteiger partial charge < -0.3 is 16.4 Å². The van der Waals surface area contributed by atoms with E-state index in [1.165, 1.54) is 4.97 Å². The average molecular weight is 330 g/mol. The normalized spacial score (nSPS) is 1.14. The van der Waals surface area contributed by atoms with Crippen molar-refractivity contribution in [2.24, 2.45) is 0 Å². The quantitative estimate of drug-likeness (QED) is 0.428. The molecule has 0 aromatic carbocycles. The zero-order chi connectivity index (χ0) is 2.71. The van der Waals surface area contributed by atoms with Gasteiger partial charge in [0.2, 0.25) is 0 Å². The SMILES string of the molecule is [N-]=[N+]=O.[O-2].[O-2].[O-2].[U]. The molecular formula is N2O4U-6. The molecule has 0 aliphatic heterocycles. The summed E-state index contributed by atoms with van der Waals surface area (Å²) in [6.45, 7) is 0. The van der Waals surface area contributed by atoms with E-state index in [0.717, 1.165) is 0 Å². The summed E-state index contributed by atoms with van der Waals surface area (Å²) in [5, 5.41) is 0. The first-order valence-corrected chi connectivity index (χ1v) is 0.383. The zero-order valence-electron chi connectivity index (χ0n) is 3.03. The van der Waals surface area contributed by atoms with Crippen molar-refractivity contribution in [3.05, 3.63) is 10.4 Å². The standard InChI is InChI=1S/N2O.3O.U/c1-2-3;;;;/q;3*-2;. The maximum absolute atomic E-state index is 8.11. The molecule has 0 amide bonds. The number of nitrogens with zero attached hydrogens (tertiary/aromatic N) is 2. The second kappa shape index (κ2) is 111. The van der Waals surface area contributed by atoms with Gasteiger partial charge in [-0.05, 0) is 0 Å². The third-order valence-electron chi connectivity index (χ3n) is 0. The Morgan fingerprint density at radius 3 is 1.14 bits per heavy atom. The molecule has 0 aliphatic carbocycles. The van der Waals surface area contributed by atoms with Crippen molar-refractivity contribution in [2.45, 2.75) is 0 Å². The Hall–Kier alpha value is 0.242. The summed E-state index contributed by atoms with van der Waals surface area (Å²) in [5.74, 6) is 0. The van der Waals surface area contributed by atoms with Gasteiger partial charge >= 0.3 is 0 Å². The van der Waals surface area contributed by atoms with E-state index in [1.54, 1.807) is 0 Å². The molecule has 0 fully saturated rings. The largest absolute Gasteiger partial charge is 2.00 e. The van der Waals surface area contributed by atoms with Crippen molar-refractivity contribution in [3.63, 3.8) is 0 Å². The Bertz CT molecular complexity index is 30.7. The van der Waals surface area contributed by atoms with Crippen LogP contribution < -0.4 is 4.97 Å². The Morgan fingerprint density at radius 2 is 1.14 bits per heavy atom. The molecule has 0 unspecified atom stereocenters. The van der Waals surface area contributed by atoms with E-state index in [9.17, 15) is 0 Å². The summed E-state index contributed by atoms with van der Waals surface area (Å²) in [4.78, 5) is 9.36. The molecule has 0 aromatic rings. The molecule has 6 nitrogen and oxygen atoms in total. The van der Waals surface area contributed by atoms with Gasteiger partial charge in [0.15, 0.2) is 4.91 Å². The van der Waals surface area contributed by atoms with E-state index in [2.05, 4.69) is 0 Å². The first-order chi connectivity index (χ1) is 1.41. The average Bonchev–Trinajstić information content (AvgIpc) is 0.918. The Morgan fingerprint density at radius 1 is 1.14 bits per heavy atom. The van der Waals surface area contributed by atoms with Gasteiger partial charge in [-0.25, -0.2) is 0 Å². The van der Waals surface area contributed by atoms with Crippen molar-refractivity contribution >= 4 is 0 Å². The van der Waals surface area contributed by atoms with E-state index in [4.69, 9.17) is 10.4 Å². The maximum atomic E-state index is 8.11. The van der Waals surface area contributed by atoms with Gasteiger partial charge in [0, 0.05) is 31.1 Å². The molecule has 0 rings (SSSR count). The molecule has 0 saturated heterocycles. The van der Waals surface area contributed by atoms with Crippen LogP contribution in [-0.2, 0) is 16.4 Å². The molecule has 7 heavy (non-hydrogen) atoms. The van der Waals surface area contributed by atoms with Crippen LogP contribution >= 0.6 is 0 Å². The third kappa shape index (κ3) is 1920. The second-order valence-electron chi connectivity index (χ2n) is 0.0816. The van der Waals surface area contributed by atoms with Crippen LogP contribution in [-0.4, -0.2) is 0 Å². The van der Waals surface area contributed by atoms with Crippen LogP contribution in [0.5, 0.6) is 0 Å². The number of nitroso groups, excluding NO2 is 1. The molecular weight excluding hydrogens is 330 g/mol. The second-order valence-corrected chi connectivity index (χ2v) is 0.0816. The first-order valence-electron chi connectivity index (χ1n) is 0.383. The van der Waals surface area contributed by atoms with Crippen molar-refractivity contribution in [3.8, 4) is 0 Å². The smallest absolute Gasteiger partial charge is 0.151 e. The zero-order valence-corrected chi connectivity index (χ0v) is 7.19. The molecule has 7 heteroatoms. The summed E-state index contributed by atoms with van der Waals surface area (Å²) in [7, 11) is 0. The fraction of sp³-hybridized carbons (Fsp3) is 0. The Kier molecular flexibility index (Phi) is 892. The van der Waals surface area contributed by atoms with Crippen LogP contribution in [0.1, 0.15) is 0 Å². The molecule has 0 atom stereocenters. The van der Waals surface area contributed by atoms with Gasteiger partial charge in [0.05, 0.1) is 0 Å². The topological polar surface area (TPSA) is 139 Å². The molecule has 0 N–H and O–H groups in total. The van der Waals surface area contributed by atoms with Crippen molar-refractivity contribution in [1.82, 2.24) is 4.97 Å². The molecule has 0 bridgehead atoms. The number of hydrogen-bond donors (Lipinski definition) is 0. The first kappa shape index (κ1) is 56.1. The van der Waals surface area contributed by atoms with Crippen LogP contribution in [0.25, 0.3) is 5.53 Å². The van der Waals surface area contributed by atoms with E-state index in [0.29, 0.717) is 0 Å². The van der Waals surface area contributed by atoms with E-state index in [1.807, 2.05) is 0 Å². The predicted octanol–water partition coefficient (Wildman–Crippen LogP) is -0.515. The molecule has 0 spiro atoms. The van der Waals surface area contributed by atoms with Gasteiger partial charge in [-0.3, -0.25) is 5.53 Å². The minimum absolute atomic E-state index is 0. The third-order valence-corrected chi connectivity index (χ3v) is 0. The molecule has 0 saturated carbocycles. The summed E-state index contributed by atoms with van der Waals surface area (Å²) in [6.07, 6.45) is 0. The van der Waals surface area contributed by atoms with E-state index < -0.39 is 0 Å². The molecule has 0 heterocycles. The van der Waals surface area contributed by atoms with Crippen molar-refractivity contribution in [1.29, 1.82) is 0 Å². The number of hydrogen-bond acceptors (Lipinski definition) is 1. The minimum Gasteiger partial charge on any atom is -2.00 e. The van der Waals surface area contributed by atoms with E-state index >= 15 is 0 Å². The Balaban J connectivity index is -0.00000000333. The number of rotatable bonds is 0. The molecule has 0 aromatic heterocycles. The van der Waals surface area contributed by atoms with Gasteiger partial charge in [-0.1, -0.05) is 0 Å². The van der Waals surface area contributed by atoms with Crippen LogP contribution in [0.3, 0.4) is 0 Å². The van der Waals surface area contributed by atoms with Crippen molar-refractivity contribution < 1.29 is 47.5 Å². The molecule has 0 aliphatic rings. The summed E-state index contributed by atoms with van der Waals surface area (Å²) < 4.78 is 0. The van der Waals surface area contributed by atoms with Gasteiger partial charge in [0.25, 0.3) is 0 Å². The van der Waals surface area contributed by atoms with Crippen molar-refractivity contribution in [2.75, 3.05) is 0 Å². The minimum atomic E-state index is 0. The molecule has 44 valence electrons. The monoisotopic (exact) mass is 330 g/mol. The van der Waals surface area contributed by atoms with Gasteiger partial charge in [0.1, 0.15) is 4.97 Å². The van der Waals surface area contributed by atoms with Gasteiger partial charge in [-0.15, -0.1) is 0 Å². The maximum Gasteiger partial charge on any atom is 0.151 e. The van der Waals surface area contributed by atoms with Crippen LogP contribution in [0, 0.1) is 36.0 Å². The molecule has 0 radical (unpaired) electrons. The van der Waals surface area contributed by atoms with Crippen LogP contribution in [0.4, 0.5) is 0 Å². The fourth-order valence-corrected chi connectivity index (χ4v) is 0. The van der Waals surface area contributed by atoms with Crippen LogP contribution in [0.2, 0.25) is 0 Å². The summed E-state index contributed by atoms with van der Waals surface area (Å²) in [6, 6.07) is 0. The summed E-state index contributed by atoms with van der Waals surface area (Å²) >= 11 is 0. The van der Waals surface area contributed by atoms with Gasteiger partial charge in [-0.2, -0.15) is 0 Å². The fourth-order valence-electron chi connectivity index (χ4n) is 0. The van der Waals surface area contributed by atoms with E-state index in [-0.39, 0.29) is 47.5 Å². The summed E-state index contributed by atoms with van der Waals surface area (Å²) in [5.41, 5.74) is 6.64. The predicted molar refractivity (Wildman–Crippen MR) is 10.9 cm³/mol.